The number of benzene rings is 1. The van der Waals surface area contributed by atoms with Crippen molar-refractivity contribution in [3.05, 3.63) is 34.9 Å². The highest BCUT2D eigenvalue weighted by atomic mass is 14.9. The van der Waals surface area contributed by atoms with E-state index >= 15 is 0 Å². The molecule has 0 amide bonds. The van der Waals surface area contributed by atoms with Gasteiger partial charge in [-0.2, -0.15) is 0 Å². The van der Waals surface area contributed by atoms with Gasteiger partial charge >= 0.3 is 0 Å². The molecule has 0 radical (unpaired) electrons. The molecule has 1 nitrogen and oxygen atoms in total. The monoisotopic (exact) mass is 273 g/mol. The quantitative estimate of drug-likeness (QED) is 0.805. The predicted molar refractivity (Wildman–Crippen MR) is 88.4 cm³/mol. The van der Waals surface area contributed by atoms with Crippen LogP contribution in [0.25, 0.3) is 0 Å². The molecule has 0 bridgehead atoms. The first-order valence-electron chi connectivity index (χ1n) is 8.16. The van der Waals surface area contributed by atoms with Crippen molar-refractivity contribution in [2.75, 3.05) is 6.54 Å². The van der Waals surface area contributed by atoms with Crippen LogP contribution in [0.1, 0.15) is 83.5 Å². The van der Waals surface area contributed by atoms with Crippen molar-refractivity contribution in [1.82, 2.24) is 5.32 Å². The molecule has 20 heavy (non-hydrogen) atoms. The molecule has 0 spiro atoms. The first-order valence-corrected chi connectivity index (χ1v) is 8.16. The molecule has 0 saturated heterocycles. The molecular formula is C19H31N. The largest absolute Gasteiger partial charge is 0.310 e. The van der Waals surface area contributed by atoms with E-state index in [0.29, 0.717) is 16.9 Å². The zero-order valence-corrected chi connectivity index (χ0v) is 14.1. The van der Waals surface area contributed by atoms with Gasteiger partial charge in [0.15, 0.2) is 0 Å². The number of hydrogen-bond acceptors (Lipinski definition) is 1. The highest BCUT2D eigenvalue weighted by Gasteiger charge is 2.37. The van der Waals surface area contributed by atoms with Crippen LogP contribution in [0.15, 0.2) is 18.2 Å². The van der Waals surface area contributed by atoms with Crippen molar-refractivity contribution >= 4 is 0 Å². The topological polar surface area (TPSA) is 12.0 Å². The van der Waals surface area contributed by atoms with E-state index in [4.69, 9.17) is 0 Å². The molecule has 1 unspecified atom stereocenters. The summed E-state index contributed by atoms with van der Waals surface area (Å²) in [6.07, 6.45) is 3.76. The zero-order valence-electron chi connectivity index (χ0n) is 14.1. The molecule has 2 rings (SSSR count). The van der Waals surface area contributed by atoms with Gasteiger partial charge in [0.05, 0.1) is 0 Å². The first kappa shape index (κ1) is 15.6. The summed E-state index contributed by atoms with van der Waals surface area (Å²) >= 11 is 0. The van der Waals surface area contributed by atoms with Crippen molar-refractivity contribution < 1.29 is 0 Å². The van der Waals surface area contributed by atoms with Crippen LogP contribution in [-0.4, -0.2) is 6.54 Å². The minimum Gasteiger partial charge on any atom is -0.310 e. The normalized spacial score (nSPS) is 21.3. The number of fused-ring (bicyclic) bond motifs is 1. The van der Waals surface area contributed by atoms with Gasteiger partial charge in [0, 0.05) is 6.04 Å². The lowest BCUT2D eigenvalue weighted by Gasteiger charge is -2.42. The summed E-state index contributed by atoms with van der Waals surface area (Å²) in [5.41, 5.74) is 5.19. The van der Waals surface area contributed by atoms with Crippen LogP contribution in [0, 0.1) is 0 Å². The van der Waals surface area contributed by atoms with Gasteiger partial charge in [-0.25, -0.2) is 0 Å². The maximum atomic E-state index is 3.60. The summed E-state index contributed by atoms with van der Waals surface area (Å²) in [6, 6.07) is 7.62. The van der Waals surface area contributed by atoms with E-state index < -0.39 is 0 Å². The maximum Gasteiger partial charge on any atom is 0.0291 e. The van der Waals surface area contributed by atoms with Crippen LogP contribution >= 0.6 is 0 Å². The average molecular weight is 273 g/mol. The number of rotatable bonds is 4. The van der Waals surface area contributed by atoms with Crippen molar-refractivity contribution in [3.8, 4) is 0 Å². The van der Waals surface area contributed by atoms with Crippen LogP contribution in [0.4, 0.5) is 0 Å². The van der Waals surface area contributed by atoms with Crippen molar-refractivity contribution in [1.29, 1.82) is 0 Å². The minimum absolute atomic E-state index is 0.311. The Bertz CT molecular complexity index is 471. The second-order valence-electron chi connectivity index (χ2n) is 7.75. The lowest BCUT2D eigenvalue weighted by atomic mass is 9.63. The van der Waals surface area contributed by atoms with Crippen LogP contribution < -0.4 is 5.32 Å². The van der Waals surface area contributed by atoms with Crippen molar-refractivity contribution in [2.24, 2.45) is 0 Å². The summed E-state index contributed by atoms with van der Waals surface area (Å²) in [5, 5.41) is 3.60. The maximum absolute atomic E-state index is 3.60. The Morgan fingerprint density at radius 2 is 1.65 bits per heavy atom. The van der Waals surface area contributed by atoms with E-state index in [1.54, 1.807) is 11.1 Å². The highest BCUT2D eigenvalue weighted by Crippen LogP contribution is 2.46. The standard InChI is InChI=1S/C19H31N/c1-7-12-20-14(2)15-8-9-16-17(13-15)19(5,6)11-10-18(16,3)4/h8-9,13-14,20H,7,10-12H2,1-6H3. The average Bonchev–Trinajstić information content (AvgIpc) is 2.41. The molecule has 0 heterocycles. The highest BCUT2D eigenvalue weighted by molar-refractivity contribution is 5.44. The third-order valence-corrected chi connectivity index (χ3v) is 5.08. The second-order valence-corrected chi connectivity index (χ2v) is 7.75. The lowest BCUT2D eigenvalue weighted by molar-refractivity contribution is 0.331. The van der Waals surface area contributed by atoms with Gasteiger partial charge in [-0.3, -0.25) is 0 Å². The van der Waals surface area contributed by atoms with E-state index in [9.17, 15) is 0 Å². The van der Waals surface area contributed by atoms with Gasteiger partial charge in [0.2, 0.25) is 0 Å². The Morgan fingerprint density at radius 3 is 2.25 bits per heavy atom. The molecule has 112 valence electrons. The fourth-order valence-corrected chi connectivity index (χ4v) is 3.35. The smallest absolute Gasteiger partial charge is 0.0291 e. The third kappa shape index (κ3) is 2.93. The molecule has 1 aromatic carbocycles. The van der Waals surface area contributed by atoms with Crippen molar-refractivity contribution in [2.45, 2.75) is 77.7 Å². The van der Waals surface area contributed by atoms with E-state index in [-0.39, 0.29) is 0 Å². The van der Waals surface area contributed by atoms with E-state index in [2.05, 4.69) is 65.1 Å². The van der Waals surface area contributed by atoms with E-state index in [1.165, 1.54) is 24.8 Å². The van der Waals surface area contributed by atoms with Gasteiger partial charge in [-0.05, 0) is 60.3 Å². The molecule has 0 saturated carbocycles. The van der Waals surface area contributed by atoms with Crippen LogP contribution in [-0.2, 0) is 10.8 Å². The first-order chi connectivity index (χ1) is 9.28. The summed E-state index contributed by atoms with van der Waals surface area (Å²) in [4.78, 5) is 0. The predicted octanol–water partition coefficient (Wildman–Crippen LogP) is 5.10. The Kier molecular flexibility index (Phi) is 4.30. The Hall–Kier alpha value is -0.820. The Morgan fingerprint density at radius 1 is 1.05 bits per heavy atom. The SMILES string of the molecule is CCCNC(C)c1ccc2c(c1)C(C)(C)CCC2(C)C. The number of nitrogens with one attached hydrogen (secondary N) is 1. The third-order valence-electron chi connectivity index (χ3n) is 5.08. The van der Waals surface area contributed by atoms with Gasteiger partial charge in [0.1, 0.15) is 0 Å². The molecular weight excluding hydrogens is 242 g/mol. The van der Waals surface area contributed by atoms with Gasteiger partial charge in [0.25, 0.3) is 0 Å². The van der Waals surface area contributed by atoms with E-state index in [0.717, 1.165) is 6.54 Å². The van der Waals surface area contributed by atoms with Gasteiger partial charge in [-0.15, -0.1) is 0 Å². The molecule has 1 aliphatic rings. The lowest BCUT2D eigenvalue weighted by Crippen LogP contribution is -2.34. The second kappa shape index (κ2) is 5.52. The number of hydrogen-bond donors (Lipinski definition) is 1. The molecule has 0 aromatic heterocycles. The molecule has 1 aromatic rings. The molecule has 0 fully saturated rings. The van der Waals surface area contributed by atoms with Crippen molar-refractivity contribution in [3.63, 3.8) is 0 Å². The Balaban J connectivity index is 2.38. The summed E-state index contributed by atoms with van der Waals surface area (Å²) in [5.74, 6) is 0. The Labute approximate surface area is 125 Å². The van der Waals surface area contributed by atoms with Crippen LogP contribution in [0.2, 0.25) is 0 Å². The fraction of sp³-hybridized carbons (Fsp3) is 0.684. The summed E-state index contributed by atoms with van der Waals surface area (Å²) in [6.45, 7) is 15.2. The van der Waals surface area contributed by atoms with Gasteiger partial charge < -0.3 is 5.32 Å². The molecule has 0 aliphatic heterocycles. The van der Waals surface area contributed by atoms with E-state index in [1.807, 2.05) is 0 Å². The minimum atomic E-state index is 0.311. The molecule has 1 atom stereocenters. The summed E-state index contributed by atoms with van der Waals surface area (Å²) in [7, 11) is 0. The van der Waals surface area contributed by atoms with Crippen LogP contribution in [0.3, 0.4) is 0 Å². The molecule has 1 heteroatoms. The molecule has 1 N–H and O–H groups in total. The summed E-state index contributed by atoms with van der Waals surface area (Å²) < 4.78 is 0. The van der Waals surface area contributed by atoms with Crippen LogP contribution in [0.5, 0.6) is 0 Å². The van der Waals surface area contributed by atoms with Gasteiger partial charge in [-0.1, -0.05) is 52.8 Å². The molecule has 1 aliphatic carbocycles. The fourth-order valence-electron chi connectivity index (χ4n) is 3.35. The zero-order chi connectivity index (χ0) is 15.0.